The number of aliphatic hydroxyl groups excluding tert-OH is 1. The number of rotatable bonds is 7. The summed E-state index contributed by atoms with van der Waals surface area (Å²) in [4.78, 5) is 12.4. The van der Waals surface area contributed by atoms with Crippen LogP contribution < -0.4 is 4.74 Å². The molecule has 0 amide bonds. The summed E-state index contributed by atoms with van der Waals surface area (Å²) in [6, 6.07) is 16.0. The Kier molecular flexibility index (Phi) is 5.94. The molecule has 1 atom stereocenters. The fourth-order valence-corrected chi connectivity index (χ4v) is 2.89. The molecule has 0 saturated heterocycles. The molecule has 1 aromatic heterocycles. The smallest absolute Gasteiger partial charge is 0.193 e. The lowest BCUT2D eigenvalue weighted by atomic mass is 10.0. The van der Waals surface area contributed by atoms with Gasteiger partial charge in [-0.2, -0.15) is 5.10 Å². The standard InChI is InChI=1S/C21H21ClN2O3/c1-14-20(22)15(2)24(23-14)12-18(25)13-27-19-10-8-17(9-11-19)21(26)16-6-4-3-5-7-16/h3-11,18,25H,12-13H2,1-2H3. The van der Waals surface area contributed by atoms with E-state index in [0.717, 1.165) is 11.4 Å². The van der Waals surface area contributed by atoms with Crippen molar-refractivity contribution in [2.75, 3.05) is 6.61 Å². The van der Waals surface area contributed by atoms with Crippen molar-refractivity contribution in [1.82, 2.24) is 9.78 Å². The van der Waals surface area contributed by atoms with Crippen molar-refractivity contribution in [2.45, 2.75) is 26.5 Å². The molecule has 6 heteroatoms. The highest BCUT2D eigenvalue weighted by Crippen LogP contribution is 2.19. The molecular weight excluding hydrogens is 364 g/mol. The van der Waals surface area contributed by atoms with Gasteiger partial charge in [0.15, 0.2) is 5.78 Å². The number of halogens is 1. The Balaban J connectivity index is 1.57. The van der Waals surface area contributed by atoms with Gasteiger partial charge >= 0.3 is 0 Å². The molecular formula is C21H21ClN2O3. The van der Waals surface area contributed by atoms with Crippen LogP contribution in [0.2, 0.25) is 5.02 Å². The van der Waals surface area contributed by atoms with Gasteiger partial charge in [0.1, 0.15) is 18.5 Å². The van der Waals surface area contributed by atoms with Gasteiger partial charge in [-0.05, 0) is 38.1 Å². The normalized spacial score (nSPS) is 12.0. The van der Waals surface area contributed by atoms with Crippen molar-refractivity contribution in [3.8, 4) is 5.75 Å². The summed E-state index contributed by atoms with van der Waals surface area (Å²) in [6.45, 7) is 4.09. The van der Waals surface area contributed by atoms with Crippen LogP contribution in [0.5, 0.6) is 5.75 Å². The maximum atomic E-state index is 12.4. The van der Waals surface area contributed by atoms with Crippen LogP contribution in [0, 0.1) is 13.8 Å². The molecule has 3 rings (SSSR count). The number of hydrogen-bond acceptors (Lipinski definition) is 4. The average molecular weight is 385 g/mol. The Hall–Kier alpha value is -2.63. The summed E-state index contributed by atoms with van der Waals surface area (Å²) in [5, 5.41) is 15.1. The predicted octanol–water partition coefficient (Wildman–Crippen LogP) is 3.82. The minimum Gasteiger partial charge on any atom is -0.491 e. The first kappa shape index (κ1) is 19.1. The SMILES string of the molecule is Cc1nn(CC(O)COc2ccc(C(=O)c3ccccc3)cc2)c(C)c1Cl. The van der Waals surface area contributed by atoms with E-state index in [1.807, 2.05) is 32.0 Å². The fraction of sp³-hybridized carbons (Fsp3) is 0.238. The third kappa shape index (κ3) is 4.56. The zero-order chi connectivity index (χ0) is 19.4. The first-order valence-electron chi connectivity index (χ1n) is 8.66. The van der Waals surface area contributed by atoms with E-state index in [1.54, 1.807) is 41.1 Å². The van der Waals surface area contributed by atoms with Crippen molar-refractivity contribution in [1.29, 1.82) is 0 Å². The largest absolute Gasteiger partial charge is 0.491 e. The van der Waals surface area contributed by atoms with Crippen LogP contribution in [0.25, 0.3) is 0 Å². The molecule has 1 N–H and O–H groups in total. The van der Waals surface area contributed by atoms with E-state index in [9.17, 15) is 9.90 Å². The number of ketones is 1. The van der Waals surface area contributed by atoms with Crippen LogP contribution in [0.4, 0.5) is 0 Å². The number of carbonyl (C=O) groups excluding carboxylic acids is 1. The van der Waals surface area contributed by atoms with E-state index in [2.05, 4.69) is 5.10 Å². The highest BCUT2D eigenvalue weighted by atomic mass is 35.5. The number of aryl methyl sites for hydroxylation is 1. The maximum absolute atomic E-state index is 12.4. The van der Waals surface area contributed by atoms with E-state index >= 15 is 0 Å². The minimum atomic E-state index is -0.732. The Morgan fingerprint density at radius 1 is 1.11 bits per heavy atom. The number of carbonyl (C=O) groups is 1. The molecule has 1 heterocycles. The van der Waals surface area contributed by atoms with Gasteiger partial charge in [0.25, 0.3) is 0 Å². The lowest BCUT2D eigenvalue weighted by molar-refractivity contribution is 0.0886. The Bertz CT molecular complexity index is 921. The van der Waals surface area contributed by atoms with Crippen LogP contribution >= 0.6 is 11.6 Å². The molecule has 5 nitrogen and oxygen atoms in total. The number of benzene rings is 2. The Labute approximate surface area is 163 Å². The zero-order valence-corrected chi connectivity index (χ0v) is 16.0. The van der Waals surface area contributed by atoms with Crippen molar-refractivity contribution in [3.05, 3.63) is 82.1 Å². The molecule has 140 valence electrons. The molecule has 0 bridgehead atoms. The molecule has 0 radical (unpaired) electrons. The summed E-state index contributed by atoms with van der Waals surface area (Å²) in [6.07, 6.45) is -0.732. The molecule has 1 unspecified atom stereocenters. The minimum absolute atomic E-state index is 0.0383. The number of nitrogens with zero attached hydrogens (tertiary/aromatic N) is 2. The molecule has 0 saturated carbocycles. The monoisotopic (exact) mass is 384 g/mol. The van der Waals surface area contributed by atoms with Crippen molar-refractivity contribution >= 4 is 17.4 Å². The lowest BCUT2D eigenvalue weighted by Crippen LogP contribution is -2.24. The maximum Gasteiger partial charge on any atom is 0.193 e. The molecule has 0 fully saturated rings. The van der Waals surface area contributed by atoms with Crippen LogP contribution in [-0.2, 0) is 6.54 Å². The van der Waals surface area contributed by atoms with Crippen LogP contribution in [0.3, 0.4) is 0 Å². The number of aromatic nitrogens is 2. The molecule has 27 heavy (non-hydrogen) atoms. The first-order valence-corrected chi connectivity index (χ1v) is 9.03. The lowest BCUT2D eigenvalue weighted by Gasteiger charge is -2.14. The highest BCUT2D eigenvalue weighted by Gasteiger charge is 2.14. The van der Waals surface area contributed by atoms with Gasteiger partial charge in [0.05, 0.1) is 23.0 Å². The van der Waals surface area contributed by atoms with E-state index < -0.39 is 6.10 Å². The molecule has 2 aromatic carbocycles. The van der Waals surface area contributed by atoms with Crippen molar-refractivity contribution in [3.63, 3.8) is 0 Å². The fourth-order valence-electron chi connectivity index (χ4n) is 2.76. The van der Waals surface area contributed by atoms with Gasteiger partial charge in [0.2, 0.25) is 0 Å². The summed E-state index contributed by atoms with van der Waals surface area (Å²) < 4.78 is 7.30. The summed E-state index contributed by atoms with van der Waals surface area (Å²) in [5.74, 6) is 0.550. The topological polar surface area (TPSA) is 64.3 Å². The van der Waals surface area contributed by atoms with Gasteiger partial charge in [-0.15, -0.1) is 0 Å². The van der Waals surface area contributed by atoms with Crippen LogP contribution in [0.1, 0.15) is 27.3 Å². The summed E-state index contributed by atoms with van der Waals surface area (Å²) >= 11 is 6.12. The van der Waals surface area contributed by atoms with E-state index in [1.165, 1.54) is 0 Å². The molecule has 0 spiro atoms. The second kappa shape index (κ2) is 8.37. The van der Waals surface area contributed by atoms with E-state index in [4.69, 9.17) is 16.3 Å². The molecule has 3 aromatic rings. The zero-order valence-electron chi connectivity index (χ0n) is 15.2. The molecule has 0 aliphatic rings. The molecule has 0 aliphatic carbocycles. The quantitative estimate of drug-likeness (QED) is 0.629. The van der Waals surface area contributed by atoms with E-state index in [-0.39, 0.29) is 12.4 Å². The molecule has 0 aliphatic heterocycles. The van der Waals surface area contributed by atoms with Crippen molar-refractivity contribution in [2.24, 2.45) is 0 Å². The number of hydrogen-bond donors (Lipinski definition) is 1. The first-order chi connectivity index (χ1) is 13.0. The van der Waals surface area contributed by atoms with Crippen LogP contribution in [-0.4, -0.2) is 33.4 Å². The number of ether oxygens (including phenoxy) is 1. The van der Waals surface area contributed by atoms with Gasteiger partial charge in [0, 0.05) is 11.1 Å². The third-order valence-electron chi connectivity index (χ3n) is 4.27. The van der Waals surface area contributed by atoms with Gasteiger partial charge in [-0.25, -0.2) is 0 Å². The Morgan fingerprint density at radius 2 is 1.74 bits per heavy atom. The second-order valence-corrected chi connectivity index (χ2v) is 6.73. The summed E-state index contributed by atoms with van der Waals surface area (Å²) in [5.41, 5.74) is 2.79. The highest BCUT2D eigenvalue weighted by molar-refractivity contribution is 6.31. The third-order valence-corrected chi connectivity index (χ3v) is 4.82. The van der Waals surface area contributed by atoms with Gasteiger partial charge < -0.3 is 9.84 Å². The average Bonchev–Trinajstić information content (AvgIpc) is 2.93. The summed E-state index contributed by atoms with van der Waals surface area (Å²) in [7, 11) is 0. The van der Waals surface area contributed by atoms with Crippen LogP contribution in [0.15, 0.2) is 54.6 Å². The van der Waals surface area contributed by atoms with Gasteiger partial charge in [-0.1, -0.05) is 41.9 Å². The van der Waals surface area contributed by atoms with Crippen molar-refractivity contribution < 1.29 is 14.6 Å². The second-order valence-electron chi connectivity index (χ2n) is 6.35. The number of aliphatic hydroxyl groups is 1. The Morgan fingerprint density at radius 3 is 2.33 bits per heavy atom. The predicted molar refractivity (Wildman–Crippen MR) is 105 cm³/mol. The van der Waals surface area contributed by atoms with Gasteiger partial charge in [-0.3, -0.25) is 9.48 Å². The van der Waals surface area contributed by atoms with E-state index in [0.29, 0.717) is 28.4 Å².